The van der Waals surface area contributed by atoms with Gasteiger partial charge in [-0.25, -0.2) is 19.0 Å². The molecule has 0 saturated carbocycles. The second-order valence-corrected chi connectivity index (χ2v) is 10.0. The molecule has 35 heavy (non-hydrogen) atoms. The molecule has 9 nitrogen and oxygen atoms in total. The molecule has 0 amide bonds. The van der Waals surface area contributed by atoms with Crippen LogP contribution in [0.2, 0.25) is 0 Å². The number of aromatic nitrogens is 4. The third-order valence-electron chi connectivity index (χ3n) is 6.31. The lowest BCUT2D eigenvalue weighted by molar-refractivity contribution is -0.309. The number of halogens is 1. The first-order valence-electron chi connectivity index (χ1n) is 11.3. The molecule has 0 spiro atoms. The summed E-state index contributed by atoms with van der Waals surface area (Å²) in [5.41, 5.74) is 8.10. The van der Waals surface area contributed by atoms with E-state index in [1.165, 1.54) is 22.1 Å². The number of thiazole rings is 1. The third-order valence-corrected chi connectivity index (χ3v) is 7.23. The fraction of sp³-hybridized carbons (Fsp3) is 0.375. The van der Waals surface area contributed by atoms with Gasteiger partial charge in [-0.2, -0.15) is 5.10 Å². The molecule has 182 valence electrons. The quantitative estimate of drug-likeness (QED) is 0.444. The van der Waals surface area contributed by atoms with Crippen molar-refractivity contribution in [1.29, 1.82) is 0 Å². The predicted octanol–water partition coefficient (Wildman–Crippen LogP) is 2.88. The normalized spacial score (nSPS) is 28.8. The van der Waals surface area contributed by atoms with Gasteiger partial charge in [-0.05, 0) is 19.9 Å². The molecule has 2 aliphatic rings. The zero-order valence-electron chi connectivity index (χ0n) is 19.0. The summed E-state index contributed by atoms with van der Waals surface area (Å²) in [4.78, 5) is 8.75. The van der Waals surface area contributed by atoms with Crippen LogP contribution in [-0.4, -0.2) is 55.8 Å². The van der Waals surface area contributed by atoms with E-state index in [0.717, 1.165) is 10.6 Å². The van der Waals surface area contributed by atoms with E-state index in [1.807, 2.05) is 37.3 Å². The fourth-order valence-electron chi connectivity index (χ4n) is 4.68. The molecule has 2 aliphatic heterocycles. The molecule has 2 fully saturated rings. The standard InChI is InChI=1S/C24H24FN5O4S/c1-11-27-23(30(29-11)14-8-15(25)19-17(9-14)35-12(2)28-19)22-20(31)18(26)21-16(33-22)10-32-24(34-21)13-6-4-3-5-7-13/h3-9,16,18,20-22,24,31H,10,26H2,1-2H3. The molecule has 2 aromatic carbocycles. The summed E-state index contributed by atoms with van der Waals surface area (Å²) in [7, 11) is 0. The lowest BCUT2D eigenvalue weighted by Crippen LogP contribution is -2.62. The SMILES string of the molecule is Cc1nc(C2OC3COC(c4ccccc4)OC3C(N)C2O)n(-c2cc(F)c3nc(C)sc3c2)n1. The Kier molecular flexibility index (Phi) is 5.63. The van der Waals surface area contributed by atoms with Crippen LogP contribution in [0.5, 0.6) is 0 Å². The van der Waals surface area contributed by atoms with Gasteiger partial charge in [0.1, 0.15) is 35.8 Å². The smallest absolute Gasteiger partial charge is 0.184 e. The van der Waals surface area contributed by atoms with E-state index in [2.05, 4.69) is 15.1 Å². The average Bonchev–Trinajstić information content (AvgIpc) is 3.43. The van der Waals surface area contributed by atoms with Crippen molar-refractivity contribution in [1.82, 2.24) is 19.7 Å². The number of aliphatic hydroxyl groups excluding tert-OH is 1. The summed E-state index contributed by atoms with van der Waals surface area (Å²) in [6.07, 6.45) is -3.74. The number of hydrogen-bond donors (Lipinski definition) is 2. The molecule has 6 rings (SSSR count). The molecule has 3 N–H and O–H groups in total. The van der Waals surface area contributed by atoms with Crippen LogP contribution >= 0.6 is 11.3 Å². The highest BCUT2D eigenvalue weighted by molar-refractivity contribution is 7.18. The molecule has 2 saturated heterocycles. The van der Waals surface area contributed by atoms with Gasteiger partial charge >= 0.3 is 0 Å². The van der Waals surface area contributed by atoms with Crippen LogP contribution in [0, 0.1) is 19.7 Å². The lowest BCUT2D eigenvalue weighted by Gasteiger charge is -2.46. The van der Waals surface area contributed by atoms with E-state index in [9.17, 15) is 9.50 Å². The minimum Gasteiger partial charge on any atom is -0.388 e. The molecule has 11 heteroatoms. The van der Waals surface area contributed by atoms with Gasteiger partial charge < -0.3 is 25.1 Å². The molecule has 0 aliphatic carbocycles. The number of nitrogens with two attached hydrogens (primary N) is 1. The summed E-state index contributed by atoms with van der Waals surface area (Å²) in [6, 6.07) is 11.9. The lowest BCUT2D eigenvalue weighted by atomic mass is 9.92. The van der Waals surface area contributed by atoms with Crippen molar-refractivity contribution >= 4 is 21.6 Å². The molecule has 2 aromatic heterocycles. The van der Waals surface area contributed by atoms with Gasteiger partial charge in [0.2, 0.25) is 0 Å². The highest BCUT2D eigenvalue weighted by atomic mass is 32.1. The molecule has 6 atom stereocenters. The first kappa shape index (κ1) is 22.7. The van der Waals surface area contributed by atoms with Crippen molar-refractivity contribution in [3.63, 3.8) is 0 Å². The van der Waals surface area contributed by atoms with Crippen molar-refractivity contribution in [3.8, 4) is 5.69 Å². The second-order valence-electron chi connectivity index (χ2n) is 8.78. The molecule has 4 aromatic rings. The Labute approximate surface area is 204 Å². The number of nitrogens with zero attached hydrogens (tertiary/aromatic N) is 4. The van der Waals surface area contributed by atoms with E-state index in [0.29, 0.717) is 27.6 Å². The highest BCUT2D eigenvalue weighted by Gasteiger charge is 2.49. The zero-order chi connectivity index (χ0) is 24.3. The van der Waals surface area contributed by atoms with Gasteiger partial charge in [-0.15, -0.1) is 11.3 Å². The van der Waals surface area contributed by atoms with Crippen molar-refractivity contribution in [2.24, 2.45) is 5.73 Å². The van der Waals surface area contributed by atoms with E-state index in [4.69, 9.17) is 19.9 Å². The molecule has 0 radical (unpaired) electrons. The maximum Gasteiger partial charge on any atom is 0.184 e. The van der Waals surface area contributed by atoms with Crippen LogP contribution in [-0.2, 0) is 14.2 Å². The largest absolute Gasteiger partial charge is 0.388 e. The minimum absolute atomic E-state index is 0.231. The number of rotatable bonds is 3. The Morgan fingerprint density at radius 1 is 1.14 bits per heavy atom. The number of aliphatic hydroxyl groups is 1. The Bertz CT molecular complexity index is 1380. The van der Waals surface area contributed by atoms with Crippen LogP contribution in [0.15, 0.2) is 42.5 Å². The van der Waals surface area contributed by atoms with E-state index in [-0.39, 0.29) is 6.61 Å². The molecular weight excluding hydrogens is 473 g/mol. The van der Waals surface area contributed by atoms with Gasteiger partial charge in [0.05, 0.1) is 28.0 Å². The van der Waals surface area contributed by atoms with Crippen LogP contribution in [0.3, 0.4) is 0 Å². The van der Waals surface area contributed by atoms with Crippen LogP contribution in [0.4, 0.5) is 4.39 Å². The Morgan fingerprint density at radius 3 is 2.74 bits per heavy atom. The number of fused-ring (bicyclic) bond motifs is 2. The fourth-order valence-corrected chi connectivity index (χ4v) is 5.55. The molecular formula is C24H24FN5O4S. The Morgan fingerprint density at radius 2 is 1.94 bits per heavy atom. The van der Waals surface area contributed by atoms with E-state index in [1.54, 1.807) is 13.0 Å². The summed E-state index contributed by atoms with van der Waals surface area (Å²) in [5, 5.41) is 16.4. The maximum atomic E-state index is 14.8. The zero-order valence-corrected chi connectivity index (χ0v) is 19.9. The second kappa shape index (κ2) is 8.70. The first-order valence-corrected chi connectivity index (χ1v) is 12.1. The van der Waals surface area contributed by atoms with Gasteiger partial charge in [0, 0.05) is 11.6 Å². The van der Waals surface area contributed by atoms with Crippen LogP contribution < -0.4 is 5.73 Å². The average molecular weight is 498 g/mol. The summed E-state index contributed by atoms with van der Waals surface area (Å²) in [6.45, 7) is 3.78. The minimum atomic E-state index is -1.13. The molecule has 6 unspecified atom stereocenters. The van der Waals surface area contributed by atoms with Crippen LogP contribution in [0.1, 0.15) is 34.6 Å². The molecule has 0 bridgehead atoms. The van der Waals surface area contributed by atoms with Crippen molar-refractivity contribution in [2.75, 3.05) is 6.61 Å². The highest BCUT2D eigenvalue weighted by Crippen LogP contribution is 2.38. The van der Waals surface area contributed by atoms with Gasteiger partial charge in [-0.1, -0.05) is 30.3 Å². The summed E-state index contributed by atoms with van der Waals surface area (Å²) < 4.78 is 35.2. The van der Waals surface area contributed by atoms with Crippen molar-refractivity contribution in [3.05, 3.63) is 70.5 Å². The van der Waals surface area contributed by atoms with Crippen molar-refractivity contribution in [2.45, 2.75) is 50.6 Å². The van der Waals surface area contributed by atoms with Gasteiger partial charge in [-0.3, -0.25) is 0 Å². The van der Waals surface area contributed by atoms with Gasteiger partial charge in [0.15, 0.2) is 17.9 Å². The Balaban J connectivity index is 1.31. The summed E-state index contributed by atoms with van der Waals surface area (Å²) in [5.74, 6) is 0.325. The third kappa shape index (κ3) is 3.94. The first-order chi connectivity index (χ1) is 16.9. The molecule has 4 heterocycles. The number of benzene rings is 2. The van der Waals surface area contributed by atoms with E-state index >= 15 is 0 Å². The summed E-state index contributed by atoms with van der Waals surface area (Å²) >= 11 is 1.39. The number of hydrogen-bond acceptors (Lipinski definition) is 9. The predicted molar refractivity (Wildman–Crippen MR) is 126 cm³/mol. The monoisotopic (exact) mass is 497 g/mol. The Hall–Kier alpha value is -2.80. The van der Waals surface area contributed by atoms with E-state index < -0.39 is 42.6 Å². The number of ether oxygens (including phenoxy) is 3. The number of aryl methyl sites for hydroxylation is 2. The van der Waals surface area contributed by atoms with Crippen LogP contribution in [0.25, 0.3) is 15.9 Å². The topological polar surface area (TPSA) is 118 Å². The van der Waals surface area contributed by atoms with Gasteiger partial charge in [0.25, 0.3) is 0 Å². The van der Waals surface area contributed by atoms with Crippen molar-refractivity contribution < 1.29 is 23.7 Å². The maximum absolute atomic E-state index is 14.8.